The van der Waals surface area contributed by atoms with E-state index in [4.69, 9.17) is 5.73 Å². The molecule has 1 radical (unpaired) electrons. The van der Waals surface area contributed by atoms with Crippen LogP contribution in [-0.4, -0.2) is 0 Å². The summed E-state index contributed by atoms with van der Waals surface area (Å²) in [6, 6.07) is 11.5. The van der Waals surface area contributed by atoms with Gasteiger partial charge in [0.05, 0.1) is 0 Å². The minimum Gasteiger partial charge on any atom is -0.321 e. The van der Waals surface area contributed by atoms with Crippen LogP contribution in [0.25, 0.3) is 0 Å². The number of benzene rings is 1. The highest BCUT2D eigenvalue weighted by Crippen LogP contribution is 2.30. The minimum absolute atomic E-state index is 0.140. The maximum absolute atomic E-state index is 6.76. The van der Waals surface area contributed by atoms with Crippen LogP contribution < -0.4 is 5.73 Å². The highest BCUT2D eigenvalue weighted by atomic mass is 14.7. The Kier molecular flexibility index (Phi) is 8.60. The zero-order valence-electron chi connectivity index (χ0n) is 13.5. The van der Waals surface area contributed by atoms with Gasteiger partial charge >= 0.3 is 0 Å². The van der Waals surface area contributed by atoms with Crippen LogP contribution in [0.15, 0.2) is 24.3 Å². The van der Waals surface area contributed by atoms with Crippen molar-refractivity contribution in [2.45, 2.75) is 83.6 Å². The second-order valence-corrected chi connectivity index (χ2v) is 6.07. The molecule has 0 aliphatic carbocycles. The van der Waals surface area contributed by atoms with E-state index in [0.29, 0.717) is 0 Å². The molecule has 1 nitrogen and oxygen atoms in total. The molecule has 0 spiro atoms. The first-order valence-electron chi connectivity index (χ1n) is 8.48. The van der Waals surface area contributed by atoms with Crippen molar-refractivity contribution in [1.29, 1.82) is 0 Å². The largest absolute Gasteiger partial charge is 0.321 e. The fourth-order valence-electron chi connectivity index (χ4n) is 2.85. The minimum atomic E-state index is -0.140. The van der Waals surface area contributed by atoms with Crippen molar-refractivity contribution in [3.63, 3.8) is 0 Å². The molecule has 1 rings (SSSR count). The fraction of sp³-hybridized carbons (Fsp3) is 0.684. The van der Waals surface area contributed by atoms with E-state index in [1.807, 2.05) is 6.07 Å². The monoisotopic (exact) mass is 274 g/mol. The quantitative estimate of drug-likeness (QED) is 0.524. The molecule has 0 unspecified atom stereocenters. The summed E-state index contributed by atoms with van der Waals surface area (Å²) in [5.41, 5.74) is 7.90. The second kappa shape index (κ2) is 9.99. The molecular formula is C19H32N. The van der Waals surface area contributed by atoms with Gasteiger partial charge in [0.2, 0.25) is 0 Å². The van der Waals surface area contributed by atoms with E-state index in [1.165, 1.54) is 56.9 Å². The van der Waals surface area contributed by atoms with Gasteiger partial charge in [0, 0.05) is 5.54 Å². The number of nitrogens with two attached hydrogens (primary N) is 1. The Morgan fingerprint density at radius 2 is 1.55 bits per heavy atom. The molecule has 1 aromatic carbocycles. The molecule has 0 bridgehead atoms. The van der Waals surface area contributed by atoms with Gasteiger partial charge in [-0.2, -0.15) is 0 Å². The average Bonchev–Trinajstić information content (AvgIpc) is 2.49. The lowest BCUT2D eigenvalue weighted by Gasteiger charge is -2.30. The Balaban J connectivity index is 2.57. The third kappa shape index (κ3) is 6.09. The van der Waals surface area contributed by atoms with Crippen molar-refractivity contribution < 1.29 is 0 Å². The van der Waals surface area contributed by atoms with Gasteiger partial charge in [-0.1, -0.05) is 83.4 Å². The van der Waals surface area contributed by atoms with Crippen molar-refractivity contribution in [3.8, 4) is 0 Å². The average molecular weight is 274 g/mol. The molecule has 1 heteroatoms. The maximum atomic E-state index is 6.76. The molecule has 113 valence electrons. The smallest absolute Gasteiger partial charge is 0.0409 e. The van der Waals surface area contributed by atoms with Crippen LogP contribution in [0, 0.1) is 6.07 Å². The highest BCUT2D eigenvalue weighted by Gasteiger charge is 2.25. The Morgan fingerprint density at radius 3 is 2.00 bits per heavy atom. The summed E-state index contributed by atoms with van der Waals surface area (Å²) < 4.78 is 0. The van der Waals surface area contributed by atoms with Crippen LogP contribution >= 0.6 is 0 Å². The van der Waals surface area contributed by atoms with Gasteiger partial charge in [0.25, 0.3) is 0 Å². The lowest BCUT2D eigenvalue weighted by atomic mass is 9.81. The van der Waals surface area contributed by atoms with Crippen molar-refractivity contribution >= 4 is 0 Å². The van der Waals surface area contributed by atoms with Crippen molar-refractivity contribution in [3.05, 3.63) is 35.9 Å². The molecule has 0 aliphatic heterocycles. The number of hydrogen-bond donors (Lipinski definition) is 1. The lowest BCUT2D eigenvalue weighted by molar-refractivity contribution is 0.345. The summed E-state index contributed by atoms with van der Waals surface area (Å²) in [6.07, 6.45) is 12.5. The molecule has 0 fully saturated rings. The molecule has 0 aromatic heterocycles. The first-order chi connectivity index (χ1) is 9.73. The molecule has 0 aliphatic rings. The van der Waals surface area contributed by atoms with E-state index >= 15 is 0 Å². The number of unbranched alkanes of at least 4 members (excludes halogenated alkanes) is 6. The maximum Gasteiger partial charge on any atom is 0.0409 e. The Hall–Kier alpha value is -0.820. The normalized spacial score (nSPS) is 11.8. The third-order valence-corrected chi connectivity index (χ3v) is 4.23. The van der Waals surface area contributed by atoms with E-state index in [0.717, 1.165) is 12.8 Å². The standard InChI is InChI=1S/C19H32N/c1-3-5-7-12-16-19(20,17-13-8-6-4-2)18-14-10-9-11-15-18/h9-10,14-15H,3-8,12-13,16-17,20H2,1-2H3. The second-order valence-electron chi connectivity index (χ2n) is 6.07. The SMILES string of the molecule is CCCCCCC(N)(CCCCCC)c1c[c]ccc1. The van der Waals surface area contributed by atoms with Crippen molar-refractivity contribution in [2.24, 2.45) is 5.73 Å². The van der Waals surface area contributed by atoms with Gasteiger partial charge < -0.3 is 5.73 Å². The Morgan fingerprint density at radius 1 is 0.950 bits per heavy atom. The van der Waals surface area contributed by atoms with E-state index in [2.05, 4.69) is 38.1 Å². The first kappa shape index (κ1) is 17.2. The summed E-state index contributed by atoms with van der Waals surface area (Å²) in [5, 5.41) is 0. The van der Waals surface area contributed by atoms with Gasteiger partial charge in [-0.15, -0.1) is 0 Å². The predicted octanol–water partition coefficient (Wildman–Crippen LogP) is 5.58. The summed E-state index contributed by atoms with van der Waals surface area (Å²) in [7, 11) is 0. The van der Waals surface area contributed by atoms with Crippen LogP contribution in [-0.2, 0) is 5.54 Å². The van der Waals surface area contributed by atoms with E-state index in [-0.39, 0.29) is 5.54 Å². The van der Waals surface area contributed by atoms with E-state index in [1.54, 1.807) is 0 Å². The molecule has 0 atom stereocenters. The molecule has 1 aromatic rings. The van der Waals surface area contributed by atoms with E-state index in [9.17, 15) is 0 Å². The zero-order valence-corrected chi connectivity index (χ0v) is 13.5. The van der Waals surface area contributed by atoms with E-state index < -0.39 is 0 Å². The van der Waals surface area contributed by atoms with Gasteiger partial charge in [-0.25, -0.2) is 0 Å². The highest BCUT2D eigenvalue weighted by molar-refractivity contribution is 5.23. The molecule has 20 heavy (non-hydrogen) atoms. The number of rotatable bonds is 11. The van der Waals surface area contributed by atoms with Crippen molar-refractivity contribution in [2.75, 3.05) is 0 Å². The number of hydrogen-bond acceptors (Lipinski definition) is 1. The lowest BCUT2D eigenvalue weighted by Crippen LogP contribution is -2.36. The zero-order chi connectivity index (χ0) is 14.7. The predicted molar refractivity (Wildman–Crippen MR) is 88.7 cm³/mol. The van der Waals surface area contributed by atoms with Crippen LogP contribution in [0.3, 0.4) is 0 Å². The topological polar surface area (TPSA) is 26.0 Å². The van der Waals surface area contributed by atoms with Crippen LogP contribution in [0.2, 0.25) is 0 Å². The summed E-state index contributed by atoms with van der Waals surface area (Å²) >= 11 is 0. The van der Waals surface area contributed by atoms with Gasteiger partial charge in [-0.3, -0.25) is 0 Å². The molecule has 2 N–H and O–H groups in total. The molecular weight excluding hydrogens is 242 g/mol. The fourth-order valence-corrected chi connectivity index (χ4v) is 2.85. The Bertz CT molecular complexity index is 319. The van der Waals surface area contributed by atoms with Crippen molar-refractivity contribution in [1.82, 2.24) is 0 Å². The third-order valence-electron chi connectivity index (χ3n) is 4.23. The molecule has 0 amide bonds. The van der Waals surface area contributed by atoms with Gasteiger partial charge in [-0.05, 0) is 30.5 Å². The van der Waals surface area contributed by atoms with Crippen LogP contribution in [0.1, 0.15) is 83.6 Å². The van der Waals surface area contributed by atoms with Crippen LogP contribution in [0.5, 0.6) is 0 Å². The molecule has 0 saturated heterocycles. The first-order valence-corrected chi connectivity index (χ1v) is 8.48. The summed E-state index contributed by atoms with van der Waals surface area (Å²) in [5.74, 6) is 0. The van der Waals surface area contributed by atoms with Gasteiger partial charge in [0.15, 0.2) is 0 Å². The van der Waals surface area contributed by atoms with Gasteiger partial charge in [0.1, 0.15) is 0 Å². The molecule has 0 heterocycles. The summed E-state index contributed by atoms with van der Waals surface area (Å²) in [6.45, 7) is 4.51. The van der Waals surface area contributed by atoms with Crippen LogP contribution in [0.4, 0.5) is 0 Å². The summed E-state index contributed by atoms with van der Waals surface area (Å²) in [4.78, 5) is 0. The Labute approximate surface area is 126 Å². The molecule has 0 saturated carbocycles.